The normalized spacial score (nSPS) is 42.7. The van der Waals surface area contributed by atoms with Crippen molar-refractivity contribution in [3.8, 4) is 0 Å². The van der Waals surface area contributed by atoms with Crippen molar-refractivity contribution < 1.29 is 4.79 Å². The third-order valence-electron chi connectivity index (χ3n) is 2.38. The molecule has 2 aliphatic rings. The quantitative estimate of drug-likeness (QED) is 0.533. The SMILES string of the molecule is CC(=O)[C@H]1N[C@H]2C=C[C@@H]1C2. The smallest absolute Gasteiger partial charge is 0.147 e. The molecule has 1 fully saturated rings. The molecule has 0 unspecified atom stereocenters. The van der Waals surface area contributed by atoms with E-state index in [1.165, 1.54) is 0 Å². The van der Waals surface area contributed by atoms with E-state index in [1.807, 2.05) is 0 Å². The monoisotopic (exact) mass is 137 g/mol. The third kappa shape index (κ3) is 0.721. The van der Waals surface area contributed by atoms with Crippen molar-refractivity contribution in [3.05, 3.63) is 12.2 Å². The molecule has 2 bridgehead atoms. The zero-order chi connectivity index (χ0) is 7.14. The molecule has 0 radical (unpaired) electrons. The first-order chi connectivity index (χ1) is 4.77. The Morgan fingerprint density at radius 2 is 2.40 bits per heavy atom. The van der Waals surface area contributed by atoms with E-state index < -0.39 is 0 Å². The van der Waals surface area contributed by atoms with Crippen LogP contribution in [0.3, 0.4) is 0 Å². The van der Waals surface area contributed by atoms with Crippen molar-refractivity contribution in [3.63, 3.8) is 0 Å². The van der Waals surface area contributed by atoms with E-state index in [2.05, 4.69) is 17.5 Å². The fourth-order valence-corrected chi connectivity index (χ4v) is 1.87. The molecule has 1 aliphatic carbocycles. The van der Waals surface area contributed by atoms with Crippen LogP contribution in [0.2, 0.25) is 0 Å². The molecule has 0 aromatic carbocycles. The predicted octanol–water partition coefficient (Wildman–Crippen LogP) is 0.492. The molecule has 2 rings (SSSR count). The van der Waals surface area contributed by atoms with Gasteiger partial charge in [0.05, 0.1) is 6.04 Å². The number of ketones is 1. The van der Waals surface area contributed by atoms with Crippen LogP contribution >= 0.6 is 0 Å². The zero-order valence-corrected chi connectivity index (χ0v) is 6.00. The van der Waals surface area contributed by atoms with Gasteiger partial charge in [0.15, 0.2) is 0 Å². The number of nitrogens with one attached hydrogen (secondary N) is 1. The average molecular weight is 137 g/mol. The van der Waals surface area contributed by atoms with Crippen LogP contribution in [-0.2, 0) is 4.79 Å². The Morgan fingerprint density at radius 3 is 2.70 bits per heavy atom. The largest absolute Gasteiger partial charge is 0.301 e. The first-order valence-corrected chi connectivity index (χ1v) is 3.72. The molecule has 0 spiro atoms. The minimum atomic E-state index is 0.120. The lowest BCUT2D eigenvalue weighted by molar-refractivity contribution is -0.119. The van der Waals surface area contributed by atoms with Gasteiger partial charge in [-0.15, -0.1) is 0 Å². The summed E-state index contributed by atoms with van der Waals surface area (Å²) in [6.07, 6.45) is 5.45. The summed E-state index contributed by atoms with van der Waals surface area (Å²) >= 11 is 0. The van der Waals surface area contributed by atoms with Gasteiger partial charge in [-0.3, -0.25) is 4.79 Å². The van der Waals surface area contributed by atoms with Gasteiger partial charge in [-0.2, -0.15) is 0 Å². The van der Waals surface area contributed by atoms with Crippen molar-refractivity contribution in [2.75, 3.05) is 0 Å². The maximum Gasteiger partial charge on any atom is 0.147 e. The van der Waals surface area contributed by atoms with E-state index in [0.29, 0.717) is 12.0 Å². The molecular weight excluding hydrogens is 126 g/mol. The van der Waals surface area contributed by atoms with Gasteiger partial charge >= 0.3 is 0 Å². The highest BCUT2D eigenvalue weighted by molar-refractivity contribution is 5.82. The Morgan fingerprint density at radius 1 is 1.60 bits per heavy atom. The highest BCUT2D eigenvalue weighted by atomic mass is 16.1. The minimum absolute atomic E-state index is 0.120. The molecule has 1 aliphatic heterocycles. The summed E-state index contributed by atoms with van der Waals surface area (Å²) in [7, 11) is 0. The van der Waals surface area contributed by atoms with E-state index >= 15 is 0 Å². The van der Waals surface area contributed by atoms with Crippen molar-refractivity contribution in [1.82, 2.24) is 5.32 Å². The van der Waals surface area contributed by atoms with E-state index in [0.717, 1.165) is 6.42 Å². The number of fused-ring (bicyclic) bond motifs is 2. The highest BCUT2D eigenvalue weighted by Gasteiger charge is 2.37. The molecule has 2 heteroatoms. The molecule has 0 saturated carbocycles. The fraction of sp³-hybridized carbons (Fsp3) is 0.625. The molecule has 0 amide bonds. The average Bonchev–Trinajstić information content (AvgIpc) is 2.44. The van der Waals surface area contributed by atoms with E-state index in [9.17, 15) is 4.79 Å². The third-order valence-corrected chi connectivity index (χ3v) is 2.38. The van der Waals surface area contributed by atoms with Crippen LogP contribution in [0.5, 0.6) is 0 Å². The van der Waals surface area contributed by atoms with Crippen LogP contribution in [0.15, 0.2) is 12.2 Å². The standard InChI is InChI=1S/C8H11NO/c1-5(10)8-6-2-3-7(4-6)9-8/h2-3,6-9H,4H2,1H3/t6-,7+,8-/m1/s1. The molecule has 1 heterocycles. The molecule has 1 saturated heterocycles. The second kappa shape index (κ2) is 1.92. The van der Waals surface area contributed by atoms with E-state index in [-0.39, 0.29) is 11.8 Å². The Labute approximate surface area is 60.3 Å². The van der Waals surface area contributed by atoms with Gasteiger partial charge in [-0.1, -0.05) is 12.2 Å². The second-order valence-electron chi connectivity index (χ2n) is 3.15. The van der Waals surface area contributed by atoms with Crippen LogP contribution in [0.4, 0.5) is 0 Å². The molecular formula is C8H11NO. The molecule has 1 N–H and O–H groups in total. The van der Waals surface area contributed by atoms with E-state index in [4.69, 9.17) is 0 Å². The van der Waals surface area contributed by atoms with Crippen LogP contribution in [0.1, 0.15) is 13.3 Å². The van der Waals surface area contributed by atoms with Gasteiger partial charge < -0.3 is 5.32 Å². The van der Waals surface area contributed by atoms with Gasteiger partial charge in [0.1, 0.15) is 5.78 Å². The van der Waals surface area contributed by atoms with Gasteiger partial charge in [-0.25, -0.2) is 0 Å². The summed E-state index contributed by atoms with van der Waals surface area (Å²) < 4.78 is 0. The number of hydrogen-bond acceptors (Lipinski definition) is 2. The molecule has 3 atom stereocenters. The second-order valence-corrected chi connectivity index (χ2v) is 3.15. The van der Waals surface area contributed by atoms with Gasteiger partial charge in [0, 0.05) is 12.0 Å². The summed E-state index contributed by atoms with van der Waals surface area (Å²) in [5.41, 5.74) is 0. The Balaban J connectivity index is 2.16. The van der Waals surface area contributed by atoms with Gasteiger partial charge in [-0.05, 0) is 13.3 Å². The number of Topliss-reactive ketones (excluding diaryl/α,β-unsaturated/α-hetero) is 1. The number of hydrogen-bond donors (Lipinski definition) is 1. The van der Waals surface area contributed by atoms with Crippen LogP contribution in [0, 0.1) is 5.92 Å². The van der Waals surface area contributed by atoms with Crippen LogP contribution < -0.4 is 5.32 Å². The van der Waals surface area contributed by atoms with Crippen LogP contribution in [-0.4, -0.2) is 17.9 Å². The molecule has 10 heavy (non-hydrogen) atoms. The summed E-state index contributed by atoms with van der Waals surface area (Å²) in [5.74, 6) is 0.763. The minimum Gasteiger partial charge on any atom is -0.301 e. The first-order valence-electron chi connectivity index (χ1n) is 3.72. The summed E-state index contributed by atoms with van der Waals surface area (Å²) in [4.78, 5) is 10.9. The zero-order valence-electron chi connectivity index (χ0n) is 6.00. The molecule has 2 nitrogen and oxygen atoms in total. The highest BCUT2D eigenvalue weighted by Crippen LogP contribution is 2.29. The van der Waals surface area contributed by atoms with Gasteiger partial charge in [0.2, 0.25) is 0 Å². The number of rotatable bonds is 1. The Kier molecular flexibility index (Phi) is 1.17. The Bertz CT molecular complexity index is 197. The van der Waals surface area contributed by atoms with Crippen molar-refractivity contribution >= 4 is 5.78 Å². The lowest BCUT2D eigenvalue weighted by atomic mass is 10.0. The predicted molar refractivity (Wildman–Crippen MR) is 38.6 cm³/mol. The summed E-state index contributed by atoms with van der Waals surface area (Å²) in [5, 5.41) is 3.25. The molecule has 0 aromatic heterocycles. The number of carbonyl (C=O) groups excluding carboxylic acids is 1. The van der Waals surface area contributed by atoms with Gasteiger partial charge in [0.25, 0.3) is 0 Å². The fourth-order valence-electron chi connectivity index (χ4n) is 1.87. The summed E-state index contributed by atoms with van der Waals surface area (Å²) in [6.45, 7) is 1.66. The molecule has 54 valence electrons. The molecule has 0 aromatic rings. The topological polar surface area (TPSA) is 29.1 Å². The van der Waals surface area contributed by atoms with E-state index in [1.54, 1.807) is 6.92 Å². The lowest BCUT2D eigenvalue weighted by Gasteiger charge is -2.15. The first kappa shape index (κ1) is 6.10. The van der Waals surface area contributed by atoms with Crippen molar-refractivity contribution in [2.24, 2.45) is 5.92 Å². The maximum absolute atomic E-state index is 10.9. The lowest BCUT2D eigenvalue weighted by Crippen LogP contribution is -2.38. The Hall–Kier alpha value is -0.630. The van der Waals surface area contributed by atoms with Crippen LogP contribution in [0.25, 0.3) is 0 Å². The summed E-state index contributed by atoms with van der Waals surface area (Å²) in [6, 6.07) is 0.605. The van der Waals surface area contributed by atoms with Crippen molar-refractivity contribution in [1.29, 1.82) is 0 Å². The van der Waals surface area contributed by atoms with Crippen molar-refractivity contribution in [2.45, 2.75) is 25.4 Å². The maximum atomic E-state index is 10.9. The number of carbonyl (C=O) groups is 1.